The molecule has 0 fully saturated rings. The molecule has 1 heterocycles. The molecule has 2 N–H and O–H groups in total. The van der Waals surface area contributed by atoms with Crippen molar-refractivity contribution >= 4 is 17.5 Å². The summed E-state index contributed by atoms with van der Waals surface area (Å²) in [6.45, 7) is 2.46. The van der Waals surface area contributed by atoms with Crippen LogP contribution in [-0.2, 0) is 7.05 Å². The number of benzene rings is 1. The maximum absolute atomic E-state index is 12.2. The number of carbonyl (C=O) groups excluding carboxylic acids is 2. The topological polar surface area (TPSA) is 85.2 Å². The standard InChI is InChI=1S/C15H18N4O3/c1-4-22-11-7-5-10(6-8-11)14(20)17-12-9-19(3)18-13(12)15(21)16-2/h5-9H,4H2,1-3H3,(H,16,21)(H,17,20). The molecule has 7 heteroatoms. The lowest BCUT2D eigenvalue weighted by molar-refractivity contribution is 0.0958. The van der Waals surface area contributed by atoms with Crippen molar-refractivity contribution in [1.82, 2.24) is 15.1 Å². The largest absolute Gasteiger partial charge is 0.494 e. The van der Waals surface area contributed by atoms with Gasteiger partial charge in [0.1, 0.15) is 5.75 Å². The molecule has 0 atom stereocenters. The molecule has 2 rings (SSSR count). The molecule has 0 saturated heterocycles. The summed E-state index contributed by atoms with van der Waals surface area (Å²) in [5.74, 6) is 0.0234. The van der Waals surface area contributed by atoms with Crippen LogP contribution in [0.3, 0.4) is 0 Å². The summed E-state index contributed by atoms with van der Waals surface area (Å²) in [7, 11) is 3.19. The Labute approximate surface area is 128 Å². The van der Waals surface area contributed by atoms with Crippen LogP contribution >= 0.6 is 0 Å². The first kappa shape index (κ1) is 15.6. The van der Waals surface area contributed by atoms with Crippen molar-refractivity contribution in [3.8, 4) is 5.75 Å². The normalized spacial score (nSPS) is 10.1. The van der Waals surface area contributed by atoms with Crippen molar-refractivity contribution in [3.63, 3.8) is 0 Å². The van der Waals surface area contributed by atoms with Gasteiger partial charge in [-0.1, -0.05) is 0 Å². The number of nitrogens with zero attached hydrogens (tertiary/aromatic N) is 2. The predicted molar refractivity (Wildman–Crippen MR) is 82.2 cm³/mol. The number of rotatable bonds is 5. The average molecular weight is 302 g/mol. The van der Waals surface area contributed by atoms with Gasteiger partial charge in [-0.2, -0.15) is 5.10 Å². The molecule has 1 aromatic carbocycles. The van der Waals surface area contributed by atoms with Crippen molar-refractivity contribution in [2.45, 2.75) is 6.92 Å². The molecule has 116 valence electrons. The fourth-order valence-corrected chi connectivity index (χ4v) is 1.93. The number of aromatic nitrogens is 2. The summed E-state index contributed by atoms with van der Waals surface area (Å²) in [5, 5.41) is 9.21. The third kappa shape index (κ3) is 3.43. The van der Waals surface area contributed by atoms with Gasteiger partial charge in [0.2, 0.25) is 0 Å². The Hall–Kier alpha value is -2.83. The van der Waals surface area contributed by atoms with Gasteiger partial charge < -0.3 is 15.4 Å². The lowest BCUT2D eigenvalue weighted by atomic mass is 10.2. The van der Waals surface area contributed by atoms with E-state index in [1.54, 1.807) is 37.5 Å². The molecule has 0 bridgehead atoms. The number of ether oxygens (including phenoxy) is 1. The van der Waals surface area contributed by atoms with Gasteiger partial charge in [-0.25, -0.2) is 0 Å². The molecule has 0 aliphatic heterocycles. The summed E-state index contributed by atoms with van der Waals surface area (Å²) in [6, 6.07) is 6.77. The zero-order valence-electron chi connectivity index (χ0n) is 12.7. The Bertz CT molecular complexity index is 677. The highest BCUT2D eigenvalue weighted by Crippen LogP contribution is 2.16. The van der Waals surface area contributed by atoms with Gasteiger partial charge in [-0.3, -0.25) is 14.3 Å². The lowest BCUT2D eigenvalue weighted by Crippen LogP contribution is -2.21. The van der Waals surface area contributed by atoms with E-state index in [9.17, 15) is 9.59 Å². The molecule has 2 amide bonds. The maximum Gasteiger partial charge on any atom is 0.273 e. The van der Waals surface area contributed by atoms with Crippen molar-refractivity contribution in [1.29, 1.82) is 0 Å². The molecule has 1 aromatic heterocycles. The van der Waals surface area contributed by atoms with E-state index >= 15 is 0 Å². The van der Waals surface area contributed by atoms with Gasteiger partial charge in [0.05, 0.1) is 12.3 Å². The molecule has 2 aromatic rings. The van der Waals surface area contributed by atoms with E-state index < -0.39 is 0 Å². The lowest BCUT2D eigenvalue weighted by Gasteiger charge is -2.06. The van der Waals surface area contributed by atoms with Gasteiger partial charge in [-0.05, 0) is 31.2 Å². The first-order chi connectivity index (χ1) is 10.5. The van der Waals surface area contributed by atoms with E-state index in [1.807, 2.05) is 6.92 Å². The number of amides is 2. The van der Waals surface area contributed by atoms with E-state index in [4.69, 9.17) is 4.74 Å². The minimum atomic E-state index is -0.359. The maximum atomic E-state index is 12.2. The highest BCUT2D eigenvalue weighted by atomic mass is 16.5. The zero-order valence-corrected chi connectivity index (χ0v) is 12.7. The van der Waals surface area contributed by atoms with Crippen molar-refractivity contribution < 1.29 is 14.3 Å². The minimum Gasteiger partial charge on any atom is -0.494 e. The van der Waals surface area contributed by atoms with Crippen molar-refractivity contribution in [2.75, 3.05) is 19.0 Å². The molecular formula is C15H18N4O3. The van der Waals surface area contributed by atoms with Crippen LogP contribution in [0.1, 0.15) is 27.8 Å². The molecule has 0 unspecified atom stereocenters. The molecule has 22 heavy (non-hydrogen) atoms. The Morgan fingerprint density at radius 3 is 2.50 bits per heavy atom. The third-order valence-corrected chi connectivity index (χ3v) is 2.95. The molecule has 0 aliphatic carbocycles. The molecular weight excluding hydrogens is 284 g/mol. The van der Waals surface area contributed by atoms with Crippen LogP contribution in [0, 0.1) is 0 Å². The summed E-state index contributed by atoms with van der Waals surface area (Å²) in [4.78, 5) is 24.0. The van der Waals surface area contributed by atoms with Gasteiger partial charge in [-0.15, -0.1) is 0 Å². The molecule has 0 spiro atoms. The SMILES string of the molecule is CCOc1ccc(C(=O)Nc2cn(C)nc2C(=O)NC)cc1. The van der Waals surface area contributed by atoms with E-state index in [0.717, 1.165) is 0 Å². The van der Waals surface area contributed by atoms with Crippen LogP contribution in [0.5, 0.6) is 5.75 Å². The van der Waals surface area contributed by atoms with Gasteiger partial charge in [0, 0.05) is 25.9 Å². The Balaban J connectivity index is 2.16. The van der Waals surface area contributed by atoms with Gasteiger partial charge in [0.25, 0.3) is 11.8 Å². The second kappa shape index (κ2) is 6.75. The second-order valence-corrected chi connectivity index (χ2v) is 4.56. The monoisotopic (exact) mass is 302 g/mol. The van der Waals surface area contributed by atoms with Gasteiger partial charge in [0.15, 0.2) is 5.69 Å². The number of anilines is 1. The first-order valence-corrected chi connectivity index (χ1v) is 6.85. The fraction of sp³-hybridized carbons (Fsp3) is 0.267. The van der Waals surface area contributed by atoms with Crippen LogP contribution in [0.25, 0.3) is 0 Å². The summed E-state index contributed by atoms with van der Waals surface area (Å²) >= 11 is 0. The number of aryl methyl sites for hydroxylation is 1. The summed E-state index contributed by atoms with van der Waals surface area (Å²) in [6.07, 6.45) is 1.58. The van der Waals surface area contributed by atoms with E-state index in [2.05, 4.69) is 15.7 Å². The molecule has 0 aliphatic rings. The zero-order chi connectivity index (χ0) is 16.1. The Kier molecular flexibility index (Phi) is 4.77. The van der Waals surface area contributed by atoms with Crippen molar-refractivity contribution in [2.24, 2.45) is 7.05 Å². The van der Waals surface area contributed by atoms with Crippen LogP contribution in [0.2, 0.25) is 0 Å². The number of carbonyl (C=O) groups is 2. The quantitative estimate of drug-likeness (QED) is 0.875. The molecule has 0 radical (unpaired) electrons. The predicted octanol–water partition coefficient (Wildman–Crippen LogP) is 1.43. The number of hydrogen-bond donors (Lipinski definition) is 2. The summed E-state index contributed by atoms with van der Waals surface area (Å²) < 4.78 is 6.80. The van der Waals surface area contributed by atoms with Gasteiger partial charge >= 0.3 is 0 Å². The van der Waals surface area contributed by atoms with Crippen LogP contribution in [0.15, 0.2) is 30.5 Å². The Morgan fingerprint density at radius 2 is 1.91 bits per heavy atom. The van der Waals surface area contributed by atoms with Crippen LogP contribution < -0.4 is 15.4 Å². The number of nitrogens with one attached hydrogen (secondary N) is 2. The molecule has 7 nitrogen and oxygen atoms in total. The third-order valence-electron chi connectivity index (χ3n) is 2.95. The van der Waals surface area contributed by atoms with E-state index in [1.165, 1.54) is 11.7 Å². The second-order valence-electron chi connectivity index (χ2n) is 4.56. The summed E-state index contributed by atoms with van der Waals surface area (Å²) in [5.41, 5.74) is 1.00. The van der Waals surface area contributed by atoms with Crippen LogP contribution in [-0.4, -0.2) is 35.2 Å². The first-order valence-electron chi connectivity index (χ1n) is 6.85. The smallest absolute Gasteiger partial charge is 0.273 e. The van der Waals surface area contributed by atoms with E-state index in [0.29, 0.717) is 23.6 Å². The Morgan fingerprint density at radius 1 is 1.23 bits per heavy atom. The van der Waals surface area contributed by atoms with Crippen LogP contribution in [0.4, 0.5) is 5.69 Å². The highest BCUT2D eigenvalue weighted by molar-refractivity contribution is 6.08. The highest BCUT2D eigenvalue weighted by Gasteiger charge is 2.17. The average Bonchev–Trinajstić information content (AvgIpc) is 2.88. The fourth-order valence-electron chi connectivity index (χ4n) is 1.93. The van der Waals surface area contributed by atoms with Crippen molar-refractivity contribution in [3.05, 3.63) is 41.7 Å². The molecule has 0 saturated carbocycles. The van der Waals surface area contributed by atoms with E-state index in [-0.39, 0.29) is 17.5 Å². The minimum absolute atomic E-state index is 0.171. The number of hydrogen-bond acceptors (Lipinski definition) is 4.